The minimum Gasteiger partial charge on any atom is -0.198 e. The highest BCUT2D eigenvalue weighted by atomic mass is 14.3. The number of nitriles is 1. The van der Waals surface area contributed by atoms with Crippen LogP contribution in [0.15, 0.2) is 42.5 Å². The molecule has 0 aliphatic heterocycles. The Morgan fingerprint density at radius 1 is 1.38 bits per heavy atom. The van der Waals surface area contributed by atoms with Crippen LogP contribution >= 0.6 is 0 Å². The molecule has 1 atom stereocenters. The van der Waals surface area contributed by atoms with Crippen LogP contribution in [0.5, 0.6) is 0 Å². The number of nitrogens with zero attached hydrogens (tertiary/aromatic N) is 1. The Balaban J connectivity index is 2.74. The molecule has 0 spiro atoms. The summed E-state index contributed by atoms with van der Waals surface area (Å²) < 4.78 is 0. The second-order valence-corrected chi connectivity index (χ2v) is 2.90. The average Bonchev–Trinajstić information content (AvgIpc) is 2.21. The smallest absolute Gasteiger partial charge is 0.0747 e. The van der Waals surface area contributed by atoms with Crippen molar-refractivity contribution in [3.63, 3.8) is 0 Å². The molecule has 13 heavy (non-hydrogen) atoms. The predicted octanol–water partition coefficient (Wildman–Crippen LogP) is 3.26. The lowest BCUT2D eigenvalue weighted by Gasteiger charge is -2.05. The summed E-state index contributed by atoms with van der Waals surface area (Å²) >= 11 is 0. The standard InChI is InChI=1S/C12H13N/c1-2-3-7-12(10-13)11-8-5-4-6-9-11/h2-6,8-9,12H,7H2,1H3/b3-2-. The number of hydrogen-bond donors (Lipinski definition) is 0. The van der Waals surface area contributed by atoms with Gasteiger partial charge in [-0.15, -0.1) is 0 Å². The van der Waals surface area contributed by atoms with Gasteiger partial charge in [-0.2, -0.15) is 5.26 Å². The maximum atomic E-state index is 8.92. The molecule has 0 saturated heterocycles. The summed E-state index contributed by atoms with van der Waals surface area (Å²) in [6.07, 6.45) is 4.81. The predicted molar refractivity (Wildman–Crippen MR) is 54.2 cm³/mol. The maximum Gasteiger partial charge on any atom is 0.0747 e. The monoisotopic (exact) mass is 171 g/mol. The largest absolute Gasteiger partial charge is 0.198 e. The van der Waals surface area contributed by atoms with Crippen LogP contribution in [0.25, 0.3) is 0 Å². The number of rotatable bonds is 3. The van der Waals surface area contributed by atoms with Crippen molar-refractivity contribution in [1.82, 2.24) is 0 Å². The Hall–Kier alpha value is -1.55. The molecule has 0 aliphatic carbocycles. The van der Waals surface area contributed by atoms with E-state index in [-0.39, 0.29) is 5.92 Å². The van der Waals surface area contributed by atoms with Gasteiger partial charge in [0.05, 0.1) is 12.0 Å². The molecule has 1 heteroatoms. The highest BCUT2D eigenvalue weighted by Crippen LogP contribution is 2.18. The summed E-state index contributed by atoms with van der Waals surface area (Å²) in [5, 5.41) is 8.92. The minimum absolute atomic E-state index is 0.00241. The third kappa shape index (κ3) is 2.76. The van der Waals surface area contributed by atoms with Crippen molar-refractivity contribution in [3.8, 4) is 6.07 Å². The van der Waals surface area contributed by atoms with E-state index in [0.717, 1.165) is 12.0 Å². The van der Waals surface area contributed by atoms with E-state index in [9.17, 15) is 0 Å². The third-order valence-electron chi connectivity index (χ3n) is 1.97. The molecule has 1 rings (SSSR count). The molecule has 0 radical (unpaired) electrons. The lowest BCUT2D eigenvalue weighted by atomic mass is 9.97. The first kappa shape index (κ1) is 9.54. The Bertz CT molecular complexity index is 306. The van der Waals surface area contributed by atoms with E-state index >= 15 is 0 Å². The molecule has 1 nitrogen and oxygen atoms in total. The molecule has 0 heterocycles. The van der Waals surface area contributed by atoms with E-state index in [2.05, 4.69) is 6.07 Å². The van der Waals surface area contributed by atoms with Crippen molar-refractivity contribution < 1.29 is 0 Å². The average molecular weight is 171 g/mol. The normalized spacial score (nSPS) is 12.6. The quantitative estimate of drug-likeness (QED) is 0.640. The number of allylic oxidation sites excluding steroid dienone is 2. The zero-order valence-electron chi connectivity index (χ0n) is 7.77. The summed E-state index contributed by atoms with van der Waals surface area (Å²) in [6, 6.07) is 12.2. The summed E-state index contributed by atoms with van der Waals surface area (Å²) in [7, 11) is 0. The lowest BCUT2D eigenvalue weighted by molar-refractivity contribution is 0.876. The highest BCUT2D eigenvalue weighted by molar-refractivity contribution is 5.25. The summed E-state index contributed by atoms with van der Waals surface area (Å²) in [5.74, 6) is -0.00241. The van der Waals surface area contributed by atoms with Crippen LogP contribution in [0.2, 0.25) is 0 Å². The number of hydrogen-bond acceptors (Lipinski definition) is 1. The van der Waals surface area contributed by atoms with Crippen LogP contribution in [0.4, 0.5) is 0 Å². The van der Waals surface area contributed by atoms with E-state index in [4.69, 9.17) is 5.26 Å². The fraction of sp³-hybridized carbons (Fsp3) is 0.250. The molecule has 0 aliphatic rings. The van der Waals surface area contributed by atoms with Gasteiger partial charge in [-0.3, -0.25) is 0 Å². The molecule has 0 aromatic heterocycles. The van der Waals surface area contributed by atoms with Crippen LogP contribution in [0.3, 0.4) is 0 Å². The topological polar surface area (TPSA) is 23.8 Å². The second kappa shape index (κ2) is 5.16. The van der Waals surface area contributed by atoms with Gasteiger partial charge in [0.25, 0.3) is 0 Å². The number of benzene rings is 1. The molecule has 0 N–H and O–H groups in total. The van der Waals surface area contributed by atoms with E-state index in [1.807, 2.05) is 49.4 Å². The first-order valence-electron chi connectivity index (χ1n) is 4.44. The molecule has 1 unspecified atom stereocenters. The van der Waals surface area contributed by atoms with Gasteiger partial charge >= 0.3 is 0 Å². The molecule has 1 aromatic carbocycles. The fourth-order valence-electron chi connectivity index (χ4n) is 1.22. The van der Waals surface area contributed by atoms with Crippen molar-refractivity contribution in [1.29, 1.82) is 5.26 Å². The summed E-state index contributed by atoms with van der Waals surface area (Å²) in [6.45, 7) is 1.97. The molecular weight excluding hydrogens is 158 g/mol. The Labute approximate surface area is 79.3 Å². The van der Waals surface area contributed by atoms with Gasteiger partial charge in [0.15, 0.2) is 0 Å². The molecule has 0 bridgehead atoms. The van der Waals surface area contributed by atoms with Crippen molar-refractivity contribution >= 4 is 0 Å². The van der Waals surface area contributed by atoms with Crippen LogP contribution in [0.1, 0.15) is 24.8 Å². The first-order valence-corrected chi connectivity index (χ1v) is 4.44. The Morgan fingerprint density at radius 3 is 2.62 bits per heavy atom. The molecule has 0 amide bonds. The fourth-order valence-corrected chi connectivity index (χ4v) is 1.22. The van der Waals surface area contributed by atoms with Crippen LogP contribution in [-0.4, -0.2) is 0 Å². The first-order chi connectivity index (χ1) is 6.38. The Kier molecular flexibility index (Phi) is 3.78. The van der Waals surface area contributed by atoms with Crippen molar-refractivity contribution in [2.24, 2.45) is 0 Å². The lowest BCUT2D eigenvalue weighted by Crippen LogP contribution is -1.92. The second-order valence-electron chi connectivity index (χ2n) is 2.90. The molecule has 0 saturated carbocycles. The van der Waals surface area contributed by atoms with E-state index in [1.165, 1.54) is 0 Å². The van der Waals surface area contributed by atoms with Gasteiger partial charge < -0.3 is 0 Å². The van der Waals surface area contributed by atoms with Crippen LogP contribution in [-0.2, 0) is 0 Å². The maximum absolute atomic E-state index is 8.92. The zero-order valence-corrected chi connectivity index (χ0v) is 7.77. The van der Waals surface area contributed by atoms with Gasteiger partial charge in [0, 0.05) is 0 Å². The van der Waals surface area contributed by atoms with E-state index in [0.29, 0.717) is 0 Å². The molecule has 1 aromatic rings. The highest BCUT2D eigenvalue weighted by Gasteiger charge is 2.06. The van der Waals surface area contributed by atoms with E-state index < -0.39 is 0 Å². The summed E-state index contributed by atoms with van der Waals surface area (Å²) in [4.78, 5) is 0. The summed E-state index contributed by atoms with van der Waals surface area (Å²) in [5.41, 5.74) is 1.10. The van der Waals surface area contributed by atoms with Crippen molar-refractivity contribution in [3.05, 3.63) is 48.0 Å². The molecular formula is C12H13N. The third-order valence-corrected chi connectivity index (χ3v) is 1.97. The van der Waals surface area contributed by atoms with Gasteiger partial charge in [-0.1, -0.05) is 42.5 Å². The van der Waals surface area contributed by atoms with Crippen LogP contribution in [0, 0.1) is 11.3 Å². The Morgan fingerprint density at radius 2 is 2.08 bits per heavy atom. The SMILES string of the molecule is C/C=C\CC(C#N)c1ccccc1. The molecule has 66 valence electrons. The van der Waals surface area contributed by atoms with Gasteiger partial charge in [-0.25, -0.2) is 0 Å². The van der Waals surface area contributed by atoms with Crippen molar-refractivity contribution in [2.45, 2.75) is 19.3 Å². The van der Waals surface area contributed by atoms with Crippen LogP contribution < -0.4 is 0 Å². The zero-order chi connectivity index (χ0) is 9.52. The van der Waals surface area contributed by atoms with Gasteiger partial charge in [0.1, 0.15) is 0 Å². The van der Waals surface area contributed by atoms with Gasteiger partial charge in [0.2, 0.25) is 0 Å². The minimum atomic E-state index is -0.00241. The van der Waals surface area contributed by atoms with Gasteiger partial charge in [-0.05, 0) is 18.9 Å². The molecule has 0 fully saturated rings. The van der Waals surface area contributed by atoms with Crippen molar-refractivity contribution in [2.75, 3.05) is 0 Å². The van der Waals surface area contributed by atoms with E-state index in [1.54, 1.807) is 0 Å².